The number of pyridine rings is 1. The number of ether oxygens (including phenoxy) is 1. The molecular formula is C9H10N2O. The Labute approximate surface area is 70.6 Å². The summed E-state index contributed by atoms with van der Waals surface area (Å²) in [6.07, 6.45) is 3.76. The maximum absolute atomic E-state index is 5.03. The fourth-order valence-electron chi connectivity index (χ4n) is 1.27. The van der Waals surface area contributed by atoms with Crippen LogP contribution in [0.5, 0.6) is 0 Å². The smallest absolute Gasteiger partial charge is 0.122 e. The van der Waals surface area contributed by atoms with Gasteiger partial charge in [-0.2, -0.15) is 0 Å². The first-order valence-corrected chi connectivity index (χ1v) is 3.80. The Morgan fingerprint density at radius 3 is 3.25 bits per heavy atom. The van der Waals surface area contributed by atoms with Crippen molar-refractivity contribution >= 4 is 11.0 Å². The van der Waals surface area contributed by atoms with E-state index in [-0.39, 0.29) is 0 Å². The molecule has 12 heavy (non-hydrogen) atoms. The molecule has 0 aromatic carbocycles. The minimum Gasteiger partial charge on any atom is -0.364 e. The van der Waals surface area contributed by atoms with Gasteiger partial charge in [0.15, 0.2) is 0 Å². The van der Waals surface area contributed by atoms with E-state index in [1.807, 2.05) is 29.0 Å². The van der Waals surface area contributed by atoms with Gasteiger partial charge in [-0.05, 0) is 18.2 Å². The van der Waals surface area contributed by atoms with Crippen LogP contribution in [0.15, 0.2) is 30.6 Å². The van der Waals surface area contributed by atoms with Crippen LogP contribution in [0.1, 0.15) is 0 Å². The Bertz CT molecular complexity index is 381. The van der Waals surface area contributed by atoms with E-state index in [0.717, 1.165) is 11.0 Å². The predicted molar refractivity (Wildman–Crippen MR) is 46.7 cm³/mol. The number of aromatic nitrogens is 2. The van der Waals surface area contributed by atoms with Gasteiger partial charge in [0.1, 0.15) is 6.73 Å². The Morgan fingerprint density at radius 2 is 2.42 bits per heavy atom. The molecule has 0 bridgehead atoms. The van der Waals surface area contributed by atoms with E-state index in [2.05, 4.69) is 4.98 Å². The summed E-state index contributed by atoms with van der Waals surface area (Å²) in [5.74, 6) is 0. The molecule has 3 heteroatoms. The molecule has 0 fully saturated rings. The van der Waals surface area contributed by atoms with E-state index in [4.69, 9.17) is 4.74 Å². The molecule has 2 aromatic heterocycles. The van der Waals surface area contributed by atoms with Crippen LogP contribution in [0.25, 0.3) is 11.0 Å². The zero-order valence-corrected chi connectivity index (χ0v) is 6.90. The first-order valence-electron chi connectivity index (χ1n) is 3.80. The van der Waals surface area contributed by atoms with Crippen molar-refractivity contribution in [2.24, 2.45) is 0 Å². The number of hydrogen-bond donors (Lipinski definition) is 0. The quantitative estimate of drug-likeness (QED) is 0.671. The molecule has 0 N–H and O–H groups in total. The van der Waals surface area contributed by atoms with Crippen molar-refractivity contribution < 1.29 is 4.74 Å². The third kappa shape index (κ3) is 1.08. The average molecular weight is 162 g/mol. The lowest BCUT2D eigenvalue weighted by Crippen LogP contribution is -1.96. The number of nitrogens with zero attached hydrogens (tertiary/aromatic N) is 2. The Morgan fingerprint density at radius 1 is 1.50 bits per heavy atom. The van der Waals surface area contributed by atoms with Crippen LogP contribution >= 0.6 is 0 Å². The van der Waals surface area contributed by atoms with Gasteiger partial charge in [0.2, 0.25) is 0 Å². The molecule has 2 rings (SSSR count). The van der Waals surface area contributed by atoms with Gasteiger partial charge < -0.3 is 9.30 Å². The fourth-order valence-corrected chi connectivity index (χ4v) is 1.27. The molecule has 0 amide bonds. The van der Waals surface area contributed by atoms with Crippen molar-refractivity contribution in [3.8, 4) is 0 Å². The molecular weight excluding hydrogens is 152 g/mol. The van der Waals surface area contributed by atoms with Crippen molar-refractivity contribution in [3.05, 3.63) is 30.6 Å². The second-order valence-corrected chi connectivity index (χ2v) is 2.61. The largest absolute Gasteiger partial charge is 0.364 e. The van der Waals surface area contributed by atoms with Crippen molar-refractivity contribution in [1.29, 1.82) is 0 Å². The third-order valence-electron chi connectivity index (χ3n) is 1.81. The first-order chi connectivity index (χ1) is 5.92. The van der Waals surface area contributed by atoms with E-state index >= 15 is 0 Å². The molecule has 2 heterocycles. The summed E-state index contributed by atoms with van der Waals surface area (Å²) >= 11 is 0. The van der Waals surface area contributed by atoms with Crippen LogP contribution in [-0.4, -0.2) is 16.7 Å². The Kier molecular flexibility index (Phi) is 1.80. The number of methoxy groups -OCH3 is 1. The first kappa shape index (κ1) is 7.31. The SMILES string of the molecule is COCn1ccc2ncccc21. The summed E-state index contributed by atoms with van der Waals surface area (Å²) < 4.78 is 7.05. The average Bonchev–Trinajstić information content (AvgIpc) is 2.50. The van der Waals surface area contributed by atoms with Crippen molar-refractivity contribution in [2.45, 2.75) is 6.73 Å². The second-order valence-electron chi connectivity index (χ2n) is 2.61. The van der Waals surface area contributed by atoms with E-state index in [1.54, 1.807) is 13.3 Å². The van der Waals surface area contributed by atoms with Crippen LogP contribution in [0, 0.1) is 0 Å². The summed E-state index contributed by atoms with van der Waals surface area (Å²) in [6, 6.07) is 5.93. The van der Waals surface area contributed by atoms with Crippen LogP contribution in [0.2, 0.25) is 0 Å². The second kappa shape index (κ2) is 2.95. The molecule has 0 atom stereocenters. The van der Waals surface area contributed by atoms with Gasteiger partial charge in [0.25, 0.3) is 0 Å². The van der Waals surface area contributed by atoms with Gasteiger partial charge in [-0.1, -0.05) is 0 Å². The zero-order valence-electron chi connectivity index (χ0n) is 6.90. The molecule has 0 radical (unpaired) electrons. The van der Waals surface area contributed by atoms with Gasteiger partial charge in [-0.15, -0.1) is 0 Å². The van der Waals surface area contributed by atoms with Gasteiger partial charge in [-0.3, -0.25) is 4.98 Å². The monoisotopic (exact) mass is 162 g/mol. The highest BCUT2D eigenvalue weighted by atomic mass is 16.5. The fraction of sp³-hybridized carbons (Fsp3) is 0.222. The summed E-state index contributed by atoms with van der Waals surface area (Å²) in [4.78, 5) is 4.21. The molecule has 0 aliphatic heterocycles. The maximum Gasteiger partial charge on any atom is 0.122 e. The highest BCUT2D eigenvalue weighted by Crippen LogP contribution is 2.11. The highest BCUT2D eigenvalue weighted by Gasteiger charge is 1.98. The minimum atomic E-state index is 0.579. The van der Waals surface area contributed by atoms with Crippen molar-refractivity contribution in [2.75, 3.05) is 7.11 Å². The van der Waals surface area contributed by atoms with Crippen LogP contribution in [0.3, 0.4) is 0 Å². The third-order valence-corrected chi connectivity index (χ3v) is 1.81. The van der Waals surface area contributed by atoms with Crippen LogP contribution in [0.4, 0.5) is 0 Å². The Hall–Kier alpha value is -1.35. The Balaban J connectivity index is 2.55. The van der Waals surface area contributed by atoms with Crippen molar-refractivity contribution in [3.63, 3.8) is 0 Å². The predicted octanol–water partition coefficient (Wildman–Crippen LogP) is 1.64. The summed E-state index contributed by atoms with van der Waals surface area (Å²) in [7, 11) is 1.68. The standard InChI is InChI=1S/C9H10N2O/c1-12-7-11-6-4-8-9(11)3-2-5-10-8/h2-6H,7H2,1H3. The number of fused-ring (bicyclic) bond motifs is 1. The lowest BCUT2D eigenvalue weighted by Gasteiger charge is -2.01. The van der Waals surface area contributed by atoms with Crippen LogP contribution in [-0.2, 0) is 11.5 Å². The molecule has 3 nitrogen and oxygen atoms in total. The summed E-state index contributed by atoms with van der Waals surface area (Å²) in [5.41, 5.74) is 2.12. The number of hydrogen-bond acceptors (Lipinski definition) is 2. The summed E-state index contributed by atoms with van der Waals surface area (Å²) in [6.45, 7) is 0.579. The normalized spacial score (nSPS) is 10.8. The molecule has 0 unspecified atom stereocenters. The minimum absolute atomic E-state index is 0.579. The van der Waals surface area contributed by atoms with Gasteiger partial charge >= 0.3 is 0 Å². The molecule has 0 aliphatic rings. The van der Waals surface area contributed by atoms with E-state index in [9.17, 15) is 0 Å². The topological polar surface area (TPSA) is 27.1 Å². The maximum atomic E-state index is 5.03. The lowest BCUT2D eigenvalue weighted by molar-refractivity contribution is 0.135. The molecule has 0 saturated carbocycles. The van der Waals surface area contributed by atoms with Gasteiger partial charge in [-0.25, -0.2) is 0 Å². The molecule has 0 aliphatic carbocycles. The lowest BCUT2D eigenvalue weighted by atomic mass is 10.4. The highest BCUT2D eigenvalue weighted by molar-refractivity contribution is 5.75. The van der Waals surface area contributed by atoms with Crippen molar-refractivity contribution in [1.82, 2.24) is 9.55 Å². The van der Waals surface area contributed by atoms with E-state index in [1.165, 1.54) is 0 Å². The van der Waals surface area contributed by atoms with E-state index in [0.29, 0.717) is 6.73 Å². The van der Waals surface area contributed by atoms with E-state index < -0.39 is 0 Å². The molecule has 0 saturated heterocycles. The summed E-state index contributed by atoms with van der Waals surface area (Å²) in [5, 5.41) is 0. The van der Waals surface area contributed by atoms with Gasteiger partial charge in [0.05, 0.1) is 11.0 Å². The molecule has 62 valence electrons. The van der Waals surface area contributed by atoms with Crippen LogP contribution < -0.4 is 0 Å². The van der Waals surface area contributed by atoms with Gasteiger partial charge in [0, 0.05) is 19.5 Å². The molecule has 2 aromatic rings. The number of rotatable bonds is 2. The zero-order chi connectivity index (χ0) is 8.39. The molecule has 0 spiro atoms.